The zero-order chi connectivity index (χ0) is 12.0. The first-order chi connectivity index (χ1) is 7.67. The van der Waals surface area contributed by atoms with E-state index in [0.717, 1.165) is 11.3 Å². The minimum atomic E-state index is 0.240. The fraction of sp³-hybridized carbons (Fsp3) is 0.273. The van der Waals surface area contributed by atoms with Crippen molar-refractivity contribution in [1.29, 1.82) is 0 Å². The summed E-state index contributed by atoms with van der Waals surface area (Å²) in [6, 6.07) is 5.39. The van der Waals surface area contributed by atoms with Gasteiger partial charge in [-0.3, -0.25) is 0 Å². The van der Waals surface area contributed by atoms with Crippen molar-refractivity contribution in [2.45, 2.75) is 6.42 Å². The van der Waals surface area contributed by atoms with Gasteiger partial charge >= 0.3 is 0 Å². The minimum absolute atomic E-state index is 0.240. The van der Waals surface area contributed by atoms with Gasteiger partial charge in [0.15, 0.2) is 0 Å². The highest BCUT2D eigenvalue weighted by molar-refractivity contribution is 6.36. The van der Waals surface area contributed by atoms with Crippen LogP contribution in [0.1, 0.15) is 5.56 Å². The molecule has 0 aliphatic heterocycles. The molecule has 1 aromatic rings. The predicted molar refractivity (Wildman–Crippen MR) is 69.5 cm³/mol. The van der Waals surface area contributed by atoms with E-state index in [0.29, 0.717) is 23.0 Å². The highest BCUT2D eigenvalue weighted by Gasteiger charge is 2.04. The molecule has 0 aliphatic rings. The van der Waals surface area contributed by atoms with Crippen LogP contribution in [-0.4, -0.2) is 13.2 Å². The molecule has 2 N–H and O–H groups in total. The fourth-order valence-corrected chi connectivity index (χ4v) is 1.53. The predicted octanol–water partition coefficient (Wildman–Crippen LogP) is 3.54. The number of rotatable bonds is 5. The molecule has 0 atom stereocenters. The number of ether oxygens (including phenoxy) is 1. The van der Waals surface area contributed by atoms with E-state index in [4.69, 9.17) is 45.3 Å². The third-order valence-corrected chi connectivity index (χ3v) is 2.75. The number of nitrogens with two attached hydrogens (primary N) is 1. The van der Waals surface area contributed by atoms with E-state index in [9.17, 15) is 0 Å². The van der Waals surface area contributed by atoms with Crippen molar-refractivity contribution in [3.05, 3.63) is 39.4 Å². The minimum Gasteiger partial charge on any atom is -0.488 e. The summed E-state index contributed by atoms with van der Waals surface area (Å²) in [5, 5.41) is 1.10. The van der Waals surface area contributed by atoms with Crippen LogP contribution in [-0.2, 0) is 6.42 Å². The van der Waals surface area contributed by atoms with Crippen molar-refractivity contribution >= 4 is 34.8 Å². The van der Waals surface area contributed by atoms with E-state index < -0.39 is 0 Å². The average Bonchev–Trinajstić information content (AvgIpc) is 2.28. The van der Waals surface area contributed by atoms with Gasteiger partial charge in [0, 0.05) is 10.6 Å². The second-order valence-corrected chi connectivity index (χ2v) is 4.28. The molecule has 2 nitrogen and oxygen atoms in total. The first-order valence-electron chi connectivity index (χ1n) is 4.73. The van der Waals surface area contributed by atoms with Gasteiger partial charge < -0.3 is 10.5 Å². The summed E-state index contributed by atoms with van der Waals surface area (Å²) in [4.78, 5) is 0. The molecule has 0 amide bonds. The maximum Gasteiger partial charge on any atom is 0.125 e. The van der Waals surface area contributed by atoms with Gasteiger partial charge in [0.2, 0.25) is 0 Å². The largest absolute Gasteiger partial charge is 0.488 e. The van der Waals surface area contributed by atoms with Crippen LogP contribution >= 0.6 is 34.8 Å². The van der Waals surface area contributed by atoms with Gasteiger partial charge in [0.05, 0.1) is 5.03 Å². The van der Waals surface area contributed by atoms with Gasteiger partial charge in [-0.05, 0) is 36.7 Å². The lowest BCUT2D eigenvalue weighted by molar-refractivity contribution is 0.355. The van der Waals surface area contributed by atoms with Crippen LogP contribution in [0.3, 0.4) is 0 Å². The molecule has 0 radical (unpaired) electrons. The molecule has 0 aromatic heterocycles. The van der Waals surface area contributed by atoms with Gasteiger partial charge in [0.25, 0.3) is 0 Å². The van der Waals surface area contributed by atoms with Crippen molar-refractivity contribution in [2.24, 2.45) is 5.73 Å². The Morgan fingerprint density at radius 3 is 2.81 bits per heavy atom. The van der Waals surface area contributed by atoms with Gasteiger partial charge in [-0.25, -0.2) is 0 Å². The Bertz CT molecular complexity index is 379. The van der Waals surface area contributed by atoms with Crippen LogP contribution in [0.15, 0.2) is 28.8 Å². The maximum absolute atomic E-state index is 5.89. The summed E-state index contributed by atoms with van der Waals surface area (Å²) in [5.41, 5.74) is 7.75. The van der Waals surface area contributed by atoms with Crippen molar-refractivity contribution in [2.75, 3.05) is 13.2 Å². The van der Waals surface area contributed by atoms with Crippen molar-refractivity contribution in [3.8, 4) is 5.75 Å². The standard InChI is InChI=1S/C11H12Cl3NO/c12-6-10(14)7-16-11-2-1-9(13)5-8(11)3-4-15/h1-2,5-6H,3-4,7,15H2. The Hall–Kier alpha value is -0.410. The average molecular weight is 281 g/mol. The summed E-state index contributed by atoms with van der Waals surface area (Å²) in [6.45, 7) is 0.778. The number of benzene rings is 1. The first kappa shape index (κ1) is 13.7. The lowest BCUT2D eigenvalue weighted by Crippen LogP contribution is -2.06. The van der Waals surface area contributed by atoms with Crippen LogP contribution in [0.4, 0.5) is 0 Å². The van der Waals surface area contributed by atoms with Crippen LogP contribution in [0.2, 0.25) is 5.02 Å². The zero-order valence-electron chi connectivity index (χ0n) is 8.55. The van der Waals surface area contributed by atoms with Crippen molar-refractivity contribution < 1.29 is 4.74 Å². The summed E-state index contributed by atoms with van der Waals surface area (Å²) in [7, 11) is 0. The topological polar surface area (TPSA) is 35.2 Å². The molecule has 0 saturated heterocycles. The second kappa shape index (κ2) is 7.02. The molecule has 0 aliphatic carbocycles. The van der Waals surface area contributed by atoms with E-state index in [1.807, 2.05) is 6.07 Å². The molecule has 5 heteroatoms. The van der Waals surface area contributed by atoms with Gasteiger partial charge in [-0.1, -0.05) is 34.8 Å². The summed E-state index contributed by atoms with van der Waals surface area (Å²) >= 11 is 17.0. The van der Waals surface area contributed by atoms with Crippen LogP contribution in [0.5, 0.6) is 5.75 Å². The van der Waals surface area contributed by atoms with E-state index in [2.05, 4.69) is 0 Å². The molecule has 0 spiro atoms. The van der Waals surface area contributed by atoms with Crippen molar-refractivity contribution in [1.82, 2.24) is 0 Å². The molecule has 1 aromatic carbocycles. The molecule has 1 rings (SSSR count). The van der Waals surface area contributed by atoms with E-state index >= 15 is 0 Å². The van der Waals surface area contributed by atoms with Crippen LogP contribution in [0, 0.1) is 0 Å². The SMILES string of the molecule is NCCc1cc(Cl)ccc1OCC(Cl)=CCl. The van der Waals surface area contributed by atoms with E-state index in [-0.39, 0.29) is 6.61 Å². The molecule has 0 unspecified atom stereocenters. The highest BCUT2D eigenvalue weighted by Crippen LogP contribution is 2.24. The molecule has 88 valence electrons. The van der Waals surface area contributed by atoms with Gasteiger partial charge in [0.1, 0.15) is 12.4 Å². The Kier molecular flexibility index (Phi) is 5.99. The third kappa shape index (κ3) is 4.22. The fourth-order valence-electron chi connectivity index (χ4n) is 1.22. The van der Waals surface area contributed by atoms with E-state index in [1.54, 1.807) is 12.1 Å². The Morgan fingerprint density at radius 1 is 1.44 bits per heavy atom. The maximum atomic E-state index is 5.89. The Balaban J connectivity index is 2.77. The molecule has 0 bridgehead atoms. The molecular formula is C11H12Cl3NO. The molecule has 0 saturated carbocycles. The zero-order valence-corrected chi connectivity index (χ0v) is 10.8. The molecule has 0 fully saturated rings. The first-order valence-corrected chi connectivity index (χ1v) is 5.92. The lowest BCUT2D eigenvalue weighted by Gasteiger charge is -2.10. The van der Waals surface area contributed by atoms with Crippen LogP contribution < -0.4 is 10.5 Å². The number of hydrogen-bond acceptors (Lipinski definition) is 2. The van der Waals surface area contributed by atoms with Crippen LogP contribution in [0.25, 0.3) is 0 Å². The Labute approximate surface area is 110 Å². The number of hydrogen-bond donors (Lipinski definition) is 1. The van der Waals surface area contributed by atoms with Gasteiger partial charge in [-0.15, -0.1) is 0 Å². The monoisotopic (exact) mass is 279 g/mol. The number of halogens is 3. The molecular weight excluding hydrogens is 268 g/mol. The Morgan fingerprint density at radius 2 is 2.19 bits per heavy atom. The normalized spacial score (nSPS) is 11.6. The summed E-state index contributed by atoms with van der Waals surface area (Å²) in [6.07, 6.45) is 0.706. The third-order valence-electron chi connectivity index (χ3n) is 1.92. The second-order valence-electron chi connectivity index (χ2n) is 3.14. The van der Waals surface area contributed by atoms with E-state index in [1.165, 1.54) is 5.54 Å². The quantitative estimate of drug-likeness (QED) is 0.895. The molecule has 16 heavy (non-hydrogen) atoms. The van der Waals surface area contributed by atoms with Gasteiger partial charge in [-0.2, -0.15) is 0 Å². The summed E-state index contributed by atoms with van der Waals surface area (Å²) < 4.78 is 5.50. The molecule has 0 heterocycles. The summed E-state index contributed by atoms with van der Waals surface area (Å²) in [5.74, 6) is 0.728. The highest BCUT2D eigenvalue weighted by atomic mass is 35.5. The smallest absolute Gasteiger partial charge is 0.125 e. The lowest BCUT2D eigenvalue weighted by atomic mass is 10.1. The van der Waals surface area contributed by atoms with Crippen molar-refractivity contribution in [3.63, 3.8) is 0 Å².